The molecule has 1 saturated heterocycles. The van der Waals surface area contributed by atoms with Crippen molar-refractivity contribution in [3.05, 3.63) is 153 Å². The number of ether oxygens (including phenoxy) is 2. The Morgan fingerprint density at radius 1 is 0.812 bits per heavy atom. The van der Waals surface area contributed by atoms with E-state index in [9.17, 15) is 15.2 Å². The lowest BCUT2D eigenvalue weighted by molar-refractivity contribution is -0.131. The minimum absolute atomic E-state index is 0.0121. The zero-order valence-electron chi connectivity index (χ0n) is 40.7. The summed E-state index contributed by atoms with van der Waals surface area (Å²) in [6.45, 7) is 14.6. The molecule has 0 aliphatic carbocycles. The van der Waals surface area contributed by atoms with Crippen LogP contribution in [-0.4, -0.2) is 97.7 Å². The molecule has 69 heavy (non-hydrogen) atoms. The summed E-state index contributed by atoms with van der Waals surface area (Å²) in [6.07, 6.45) is 1.98. The van der Waals surface area contributed by atoms with Crippen LogP contribution in [0.2, 0.25) is 0 Å². The molecule has 0 bridgehead atoms. The maximum Gasteiger partial charge on any atom is 0.264 e. The van der Waals surface area contributed by atoms with E-state index in [1.54, 1.807) is 34.7 Å². The average molecular weight is 928 g/mol. The first-order valence-electron chi connectivity index (χ1n) is 23.9. The van der Waals surface area contributed by atoms with Gasteiger partial charge in [-0.1, -0.05) is 36.4 Å². The maximum atomic E-state index is 15.2. The first kappa shape index (κ1) is 46.9. The summed E-state index contributed by atoms with van der Waals surface area (Å²) in [5.74, 6) is 0.405. The predicted molar refractivity (Wildman–Crippen MR) is 266 cm³/mol. The Kier molecular flexibility index (Phi) is 13.2. The van der Waals surface area contributed by atoms with Gasteiger partial charge in [0.1, 0.15) is 29.9 Å². The Labute approximate surface area is 404 Å². The highest BCUT2D eigenvalue weighted by Crippen LogP contribution is 2.38. The molecule has 3 aliphatic rings. The fraction of sp³-hybridized carbons (Fsp3) is 0.357. The van der Waals surface area contributed by atoms with E-state index in [4.69, 9.17) is 9.47 Å². The molecule has 2 aromatic heterocycles. The van der Waals surface area contributed by atoms with Crippen molar-refractivity contribution in [3.63, 3.8) is 0 Å². The lowest BCUT2D eigenvalue weighted by Crippen LogP contribution is -2.46. The minimum atomic E-state index is -0.324. The van der Waals surface area contributed by atoms with Crippen molar-refractivity contribution in [2.75, 3.05) is 37.7 Å². The number of benzene rings is 4. The smallest absolute Gasteiger partial charge is 0.264 e. The number of morpholine rings is 1. The molecule has 3 amide bonds. The van der Waals surface area contributed by atoms with Gasteiger partial charge in [-0.2, -0.15) is 5.26 Å². The zero-order valence-corrected chi connectivity index (χ0v) is 40.7. The lowest BCUT2D eigenvalue weighted by atomic mass is 9.89. The Morgan fingerprint density at radius 3 is 2.22 bits per heavy atom. The number of aromatic nitrogens is 2. The number of anilines is 2. The number of nitriles is 1. The number of phenols is 1. The summed E-state index contributed by atoms with van der Waals surface area (Å²) >= 11 is 0. The molecule has 1 fully saturated rings. The van der Waals surface area contributed by atoms with Crippen LogP contribution in [0.4, 0.5) is 11.4 Å². The Bertz CT molecular complexity index is 2950. The highest BCUT2D eigenvalue weighted by atomic mass is 16.5. The molecule has 3 aliphatic heterocycles. The third kappa shape index (κ3) is 9.52. The number of amides is 3. The number of phenolic OH excluding ortho intramolecular Hbond substituents is 1. The van der Waals surface area contributed by atoms with E-state index in [1.807, 2.05) is 83.8 Å². The summed E-state index contributed by atoms with van der Waals surface area (Å²) in [6, 6.07) is 32.3. The van der Waals surface area contributed by atoms with E-state index in [0.717, 1.165) is 59.8 Å². The van der Waals surface area contributed by atoms with Gasteiger partial charge in [0.2, 0.25) is 5.91 Å². The lowest BCUT2D eigenvalue weighted by Gasteiger charge is -2.36. The molecule has 13 nitrogen and oxygen atoms in total. The third-order valence-corrected chi connectivity index (χ3v) is 14.4. The van der Waals surface area contributed by atoms with Gasteiger partial charge < -0.3 is 33.5 Å². The first-order valence-corrected chi connectivity index (χ1v) is 23.9. The van der Waals surface area contributed by atoms with Crippen molar-refractivity contribution < 1.29 is 29.0 Å². The van der Waals surface area contributed by atoms with Gasteiger partial charge in [0, 0.05) is 93.3 Å². The second-order valence-corrected chi connectivity index (χ2v) is 19.1. The van der Waals surface area contributed by atoms with Gasteiger partial charge in [-0.3, -0.25) is 24.2 Å². The van der Waals surface area contributed by atoms with Crippen LogP contribution in [0.1, 0.15) is 86.4 Å². The van der Waals surface area contributed by atoms with Gasteiger partial charge in [0.05, 0.1) is 29.9 Å². The number of aromatic hydroxyl groups is 1. The summed E-state index contributed by atoms with van der Waals surface area (Å²) < 4.78 is 15.7. The number of hydrogen-bond acceptors (Lipinski definition) is 8. The molecular weight excluding hydrogens is 867 g/mol. The van der Waals surface area contributed by atoms with E-state index in [-0.39, 0.29) is 48.1 Å². The van der Waals surface area contributed by atoms with E-state index < -0.39 is 0 Å². The average Bonchev–Trinajstić information content (AvgIpc) is 3.80. The molecule has 3 atom stereocenters. The molecule has 1 N–H and O–H groups in total. The van der Waals surface area contributed by atoms with Crippen molar-refractivity contribution in [3.8, 4) is 28.8 Å². The van der Waals surface area contributed by atoms with Crippen LogP contribution in [0.15, 0.2) is 97.1 Å². The number of nitrogens with zero attached hydrogens (tertiary/aromatic N) is 7. The number of rotatable bonds is 11. The fourth-order valence-electron chi connectivity index (χ4n) is 10.3. The highest BCUT2D eigenvalue weighted by molar-refractivity contribution is 6.13. The third-order valence-electron chi connectivity index (χ3n) is 14.4. The second kappa shape index (κ2) is 19.5. The number of fused-ring (bicyclic) bond motifs is 2. The fourth-order valence-corrected chi connectivity index (χ4v) is 10.3. The monoisotopic (exact) mass is 927 g/mol. The second-order valence-electron chi connectivity index (χ2n) is 19.1. The van der Waals surface area contributed by atoms with E-state index in [1.165, 1.54) is 17.7 Å². The summed E-state index contributed by atoms with van der Waals surface area (Å²) in [4.78, 5) is 52.0. The first-order chi connectivity index (χ1) is 33.2. The molecule has 0 unspecified atom stereocenters. The normalized spacial score (nSPS) is 18.0. The van der Waals surface area contributed by atoms with Crippen molar-refractivity contribution in [2.24, 2.45) is 14.1 Å². The van der Waals surface area contributed by atoms with Crippen molar-refractivity contribution in [1.29, 1.82) is 5.26 Å². The van der Waals surface area contributed by atoms with Gasteiger partial charge in [0.25, 0.3) is 11.8 Å². The molecule has 0 radical (unpaired) electrons. The zero-order chi connectivity index (χ0) is 48.7. The van der Waals surface area contributed by atoms with Gasteiger partial charge in [-0.05, 0) is 136 Å². The quantitative estimate of drug-likeness (QED) is 0.137. The number of carbonyl (C=O) groups is 3. The van der Waals surface area contributed by atoms with Gasteiger partial charge in [-0.25, -0.2) is 0 Å². The van der Waals surface area contributed by atoms with E-state index in [0.29, 0.717) is 77.8 Å². The maximum absolute atomic E-state index is 15.2. The molecule has 9 rings (SSSR count). The van der Waals surface area contributed by atoms with Gasteiger partial charge in [-0.15, -0.1) is 0 Å². The predicted octanol–water partition coefficient (Wildman–Crippen LogP) is 8.41. The minimum Gasteiger partial charge on any atom is -0.508 e. The summed E-state index contributed by atoms with van der Waals surface area (Å²) in [5, 5.41) is 20.1. The van der Waals surface area contributed by atoms with Crippen LogP contribution in [0, 0.1) is 25.2 Å². The van der Waals surface area contributed by atoms with Gasteiger partial charge in [0.15, 0.2) is 0 Å². The Hall–Kier alpha value is -7.14. The van der Waals surface area contributed by atoms with Crippen molar-refractivity contribution in [2.45, 2.75) is 85.2 Å². The van der Waals surface area contributed by atoms with Crippen LogP contribution in [0.25, 0.3) is 11.3 Å². The van der Waals surface area contributed by atoms with Crippen molar-refractivity contribution >= 4 is 29.1 Å². The highest BCUT2D eigenvalue weighted by Gasteiger charge is 2.34. The van der Waals surface area contributed by atoms with Crippen LogP contribution in [0.5, 0.6) is 11.5 Å². The molecule has 0 saturated carbocycles. The van der Waals surface area contributed by atoms with Gasteiger partial charge >= 0.3 is 0 Å². The molecule has 356 valence electrons. The molecule has 6 aromatic rings. The van der Waals surface area contributed by atoms with Crippen molar-refractivity contribution in [1.82, 2.24) is 23.8 Å². The number of carbonyl (C=O) groups excluding carboxylic acids is 3. The Morgan fingerprint density at radius 2 is 1.52 bits per heavy atom. The molecule has 0 spiro atoms. The molecule has 5 heterocycles. The van der Waals surface area contributed by atoms with Crippen LogP contribution in [-0.2, 0) is 56.0 Å². The standard InChI is InChI=1S/C56H61N7O6/c1-35-24-41-10-8-9-11-43(41)34-62(35)55(66)51-27-44-33-61(54(65)25-40-12-18-48(19-13-40)68-23-22-60-31-36(2)69-37(3)32-60)21-20-42(44)26-50(51)53-29-49(38(4)59(53)7)56(67)63(45-14-16-47(64)17-15-45)52-28-46(30-57)58(6)39(52)5/h8-19,26-29,35-37,64H,20-25,31-34H2,1-7H3/t35-,36-,37+/m1/s1. The van der Waals surface area contributed by atoms with E-state index >= 15 is 9.59 Å². The Balaban J connectivity index is 1.01. The SMILES string of the molecule is Cc1c(N(C(=O)c2cc(-c3cc4c(cc3C(=O)N3Cc5ccccc5C[C@H]3C)CN(C(=O)Cc3ccc(OCCN5C[C@@H](C)O[C@@H](C)C5)cc3)CC4)n(C)c2C)c2ccc(O)cc2)cc(C#N)n1C. The summed E-state index contributed by atoms with van der Waals surface area (Å²) in [5.41, 5.74) is 10.5. The molecule has 4 aromatic carbocycles. The number of hydrogen-bond donors (Lipinski definition) is 1. The van der Waals surface area contributed by atoms with Crippen LogP contribution in [0.3, 0.4) is 0 Å². The summed E-state index contributed by atoms with van der Waals surface area (Å²) in [7, 11) is 3.70. The molecule has 13 heteroatoms. The van der Waals surface area contributed by atoms with Crippen LogP contribution < -0.4 is 9.64 Å². The van der Waals surface area contributed by atoms with Crippen LogP contribution >= 0.6 is 0 Å². The molecular formula is C56H61N7O6. The topological polar surface area (TPSA) is 137 Å². The van der Waals surface area contributed by atoms with E-state index in [2.05, 4.69) is 49.9 Å². The largest absolute Gasteiger partial charge is 0.508 e.